The van der Waals surface area contributed by atoms with E-state index in [1.54, 1.807) is 13.8 Å². The zero-order chi connectivity index (χ0) is 16.1. The van der Waals surface area contributed by atoms with Gasteiger partial charge in [0.1, 0.15) is 11.7 Å². The minimum atomic E-state index is -1.00. The zero-order valence-corrected chi connectivity index (χ0v) is 12.4. The predicted octanol–water partition coefficient (Wildman–Crippen LogP) is 0.509. The minimum Gasteiger partial charge on any atom is -0.456 e. The molecular formula is C15H18O7. The maximum Gasteiger partial charge on any atom is 0.330 e. The molecule has 3 heterocycles. The first-order valence-electron chi connectivity index (χ1n) is 7.21. The first-order chi connectivity index (χ1) is 10.3. The van der Waals surface area contributed by atoms with Gasteiger partial charge in [-0.1, -0.05) is 6.58 Å². The third-order valence-electron chi connectivity index (χ3n) is 4.16. The number of ether oxygens (including phenoxy) is 4. The lowest BCUT2D eigenvalue weighted by molar-refractivity contribution is -0.168. The Morgan fingerprint density at radius 3 is 2.82 bits per heavy atom. The molecule has 0 aromatic heterocycles. The van der Waals surface area contributed by atoms with Gasteiger partial charge in [-0.25, -0.2) is 4.79 Å². The topological polar surface area (TPSA) is 88.1 Å². The second kappa shape index (κ2) is 5.08. The lowest BCUT2D eigenvalue weighted by Crippen LogP contribution is -2.41. The average Bonchev–Trinajstić information content (AvgIpc) is 3.02. The fourth-order valence-electron chi connectivity index (χ4n) is 3.27. The molecular weight excluding hydrogens is 292 g/mol. The number of hydrogen-bond donors (Lipinski definition) is 0. The number of esters is 3. The highest BCUT2D eigenvalue weighted by Gasteiger charge is 2.65. The molecule has 3 saturated heterocycles. The van der Waals surface area contributed by atoms with Crippen molar-refractivity contribution in [3.05, 3.63) is 12.7 Å². The SMILES string of the molecule is C=CC(=O)OC(C)(C)CC(=O)OC1C2OC(=O)C3C[C@@H]1OC32. The fraction of sp³-hybridized carbons (Fsp3) is 0.667. The van der Waals surface area contributed by atoms with Crippen LogP contribution >= 0.6 is 0 Å². The van der Waals surface area contributed by atoms with E-state index in [1.165, 1.54) is 0 Å². The molecule has 3 fully saturated rings. The quantitative estimate of drug-likeness (QED) is 0.415. The van der Waals surface area contributed by atoms with Crippen molar-refractivity contribution >= 4 is 17.9 Å². The molecule has 5 atom stereocenters. The number of rotatable bonds is 5. The number of fused-ring (bicyclic) bond motifs is 1. The van der Waals surface area contributed by atoms with Gasteiger partial charge in [0.2, 0.25) is 0 Å². The number of carbonyl (C=O) groups excluding carboxylic acids is 3. The highest BCUT2D eigenvalue weighted by atomic mass is 16.7. The van der Waals surface area contributed by atoms with Crippen LogP contribution in [0.1, 0.15) is 26.7 Å². The van der Waals surface area contributed by atoms with Gasteiger partial charge < -0.3 is 18.9 Å². The summed E-state index contributed by atoms with van der Waals surface area (Å²) in [6.45, 7) is 6.53. The lowest BCUT2D eigenvalue weighted by Gasteiger charge is -2.26. The van der Waals surface area contributed by atoms with Crippen molar-refractivity contribution in [1.82, 2.24) is 0 Å². The molecule has 3 aliphatic rings. The largest absolute Gasteiger partial charge is 0.456 e. The molecule has 7 nitrogen and oxygen atoms in total. The molecule has 0 radical (unpaired) electrons. The second-order valence-electron chi connectivity index (χ2n) is 6.40. The van der Waals surface area contributed by atoms with Crippen LogP contribution in [0.25, 0.3) is 0 Å². The molecule has 120 valence electrons. The van der Waals surface area contributed by atoms with Gasteiger partial charge in [-0.2, -0.15) is 0 Å². The molecule has 0 amide bonds. The van der Waals surface area contributed by atoms with Crippen LogP contribution in [0.4, 0.5) is 0 Å². The van der Waals surface area contributed by atoms with Crippen LogP contribution < -0.4 is 0 Å². The van der Waals surface area contributed by atoms with Crippen LogP contribution in [-0.4, -0.2) is 47.9 Å². The third-order valence-corrected chi connectivity index (χ3v) is 4.16. The first-order valence-corrected chi connectivity index (χ1v) is 7.21. The van der Waals surface area contributed by atoms with Crippen LogP contribution in [-0.2, 0) is 33.3 Å². The Kier molecular flexibility index (Phi) is 3.47. The van der Waals surface area contributed by atoms with E-state index < -0.39 is 29.7 Å². The summed E-state index contributed by atoms with van der Waals surface area (Å²) >= 11 is 0. The summed E-state index contributed by atoms with van der Waals surface area (Å²) in [6.07, 6.45) is -0.243. The lowest BCUT2D eigenvalue weighted by atomic mass is 9.88. The monoisotopic (exact) mass is 310 g/mol. The molecule has 4 unspecified atom stereocenters. The van der Waals surface area contributed by atoms with Gasteiger partial charge in [-0.15, -0.1) is 0 Å². The van der Waals surface area contributed by atoms with Crippen LogP contribution in [0.15, 0.2) is 12.7 Å². The Hall–Kier alpha value is -1.89. The maximum absolute atomic E-state index is 12.1. The van der Waals surface area contributed by atoms with Crippen molar-refractivity contribution < 1.29 is 33.3 Å². The Balaban J connectivity index is 1.58. The van der Waals surface area contributed by atoms with E-state index in [1.807, 2.05) is 0 Å². The summed E-state index contributed by atoms with van der Waals surface area (Å²) in [5.74, 6) is -1.64. The summed E-state index contributed by atoms with van der Waals surface area (Å²) < 4.78 is 21.4. The van der Waals surface area contributed by atoms with Gasteiger partial charge in [0.25, 0.3) is 0 Å². The molecule has 0 aromatic rings. The van der Waals surface area contributed by atoms with Gasteiger partial charge in [0, 0.05) is 6.08 Å². The number of hydrogen-bond acceptors (Lipinski definition) is 7. The van der Waals surface area contributed by atoms with Gasteiger partial charge in [-0.3, -0.25) is 9.59 Å². The van der Waals surface area contributed by atoms with Crippen LogP contribution in [0.2, 0.25) is 0 Å². The van der Waals surface area contributed by atoms with E-state index >= 15 is 0 Å². The van der Waals surface area contributed by atoms with E-state index in [0.29, 0.717) is 6.42 Å². The molecule has 0 spiro atoms. The summed E-state index contributed by atoms with van der Waals surface area (Å²) in [6, 6.07) is 0. The van der Waals surface area contributed by atoms with Crippen LogP contribution in [0, 0.1) is 5.92 Å². The summed E-state index contributed by atoms with van der Waals surface area (Å²) in [5, 5.41) is 0. The van der Waals surface area contributed by atoms with Gasteiger partial charge >= 0.3 is 17.9 Å². The van der Waals surface area contributed by atoms with Gasteiger partial charge in [-0.05, 0) is 20.3 Å². The van der Waals surface area contributed by atoms with Gasteiger partial charge in [0.05, 0.1) is 18.4 Å². The normalized spacial score (nSPS) is 35.2. The second-order valence-corrected chi connectivity index (χ2v) is 6.40. The van der Waals surface area contributed by atoms with Crippen molar-refractivity contribution in [3.63, 3.8) is 0 Å². The van der Waals surface area contributed by atoms with Crippen LogP contribution in [0.3, 0.4) is 0 Å². The number of carbonyl (C=O) groups is 3. The summed E-state index contributed by atoms with van der Waals surface area (Å²) in [7, 11) is 0. The third kappa shape index (κ3) is 2.49. The average molecular weight is 310 g/mol. The molecule has 0 N–H and O–H groups in total. The maximum atomic E-state index is 12.1. The highest BCUT2D eigenvalue weighted by molar-refractivity contribution is 5.82. The molecule has 22 heavy (non-hydrogen) atoms. The smallest absolute Gasteiger partial charge is 0.330 e. The Labute approximate surface area is 127 Å². The molecule has 0 aromatic carbocycles. The minimum absolute atomic E-state index is 0.107. The van der Waals surface area contributed by atoms with Crippen molar-refractivity contribution in [2.24, 2.45) is 5.92 Å². The fourth-order valence-corrected chi connectivity index (χ4v) is 3.27. The predicted molar refractivity (Wildman–Crippen MR) is 71.5 cm³/mol. The van der Waals surface area contributed by atoms with Crippen molar-refractivity contribution in [3.8, 4) is 0 Å². The van der Waals surface area contributed by atoms with Crippen LogP contribution in [0.5, 0.6) is 0 Å². The molecule has 0 saturated carbocycles. The molecule has 3 aliphatic heterocycles. The van der Waals surface area contributed by atoms with E-state index in [0.717, 1.165) is 6.08 Å². The van der Waals surface area contributed by atoms with Crippen molar-refractivity contribution in [2.75, 3.05) is 0 Å². The van der Waals surface area contributed by atoms with E-state index in [-0.39, 0.29) is 30.5 Å². The standard InChI is InChI=1S/C15H18O7/c1-4-9(16)22-15(2,3)6-10(17)20-12-8-5-7-11(19-8)13(12)21-14(7)18/h4,7-8,11-13H,1,5-6H2,2-3H3/t7?,8-,11?,12?,13?/m0/s1. The molecule has 2 bridgehead atoms. The van der Waals surface area contributed by atoms with Crippen molar-refractivity contribution in [1.29, 1.82) is 0 Å². The Morgan fingerprint density at radius 2 is 2.14 bits per heavy atom. The molecule has 3 rings (SSSR count). The van der Waals surface area contributed by atoms with Gasteiger partial charge in [0.15, 0.2) is 12.2 Å². The van der Waals surface area contributed by atoms with E-state index in [2.05, 4.69) is 6.58 Å². The molecule has 7 heteroatoms. The summed E-state index contributed by atoms with van der Waals surface area (Å²) in [5.41, 5.74) is -1.00. The molecule has 0 aliphatic carbocycles. The highest BCUT2D eigenvalue weighted by Crippen LogP contribution is 2.47. The van der Waals surface area contributed by atoms with E-state index in [9.17, 15) is 14.4 Å². The van der Waals surface area contributed by atoms with Crippen molar-refractivity contribution in [2.45, 2.75) is 56.7 Å². The first kappa shape index (κ1) is 15.0. The zero-order valence-electron chi connectivity index (χ0n) is 12.4. The van der Waals surface area contributed by atoms with E-state index in [4.69, 9.17) is 18.9 Å². The summed E-state index contributed by atoms with van der Waals surface area (Å²) in [4.78, 5) is 34.9. The Bertz CT molecular complexity index is 538. The Morgan fingerprint density at radius 1 is 1.41 bits per heavy atom.